The Morgan fingerprint density at radius 3 is 2.13 bits per heavy atom. The fourth-order valence-electron chi connectivity index (χ4n) is 5.55. The quantitative estimate of drug-likeness (QED) is 0.485. The summed E-state index contributed by atoms with van der Waals surface area (Å²) in [5.74, 6) is 1.29. The molecule has 3 heterocycles. The average molecular weight is 405 g/mol. The van der Waals surface area contributed by atoms with E-state index in [0.717, 1.165) is 30.0 Å². The van der Waals surface area contributed by atoms with Crippen LogP contribution < -0.4 is 4.90 Å². The average Bonchev–Trinajstić information content (AvgIpc) is 3.24. The molecule has 0 spiro atoms. The third-order valence-electron chi connectivity index (χ3n) is 6.70. The van der Waals surface area contributed by atoms with Crippen LogP contribution in [0.1, 0.15) is 73.2 Å². The third-order valence-corrected chi connectivity index (χ3v) is 6.70. The highest BCUT2D eigenvalue weighted by Crippen LogP contribution is 2.39. The highest BCUT2D eigenvalue weighted by Gasteiger charge is 2.31. The van der Waals surface area contributed by atoms with Gasteiger partial charge in [-0.2, -0.15) is 9.61 Å². The normalized spacial score (nSPS) is 13.7. The highest BCUT2D eigenvalue weighted by atomic mass is 15.4. The van der Waals surface area contributed by atoms with E-state index < -0.39 is 0 Å². The predicted molar refractivity (Wildman–Crippen MR) is 127 cm³/mol. The van der Waals surface area contributed by atoms with Crippen LogP contribution in [0.5, 0.6) is 0 Å². The van der Waals surface area contributed by atoms with E-state index in [2.05, 4.69) is 70.0 Å². The van der Waals surface area contributed by atoms with Crippen LogP contribution in [0, 0.1) is 34.6 Å². The summed E-state index contributed by atoms with van der Waals surface area (Å²) in [5.41, 5.74) is 11.0. The molecule has 4 heteroatoms. The Morgan fingerprint density at radius 1 is 0.900 bits per heavy atom. The zero-order chi connectivity index (χ0) is 21.6. The number of hydrogen-bond acceptors (Lipinski definition) is 3. The van der Waals surface area contributed by atoms with Gasteiger partial charge in [0, 0.05) is 23.8 Å². The molecule has 4 nitrogen and oxygen atoms in total. The van der Waals surface area contributed by atoms with Crippen molar-refractivity contribution < 1.29 is 0 Å². The maximum absolute atomic E-state index is 5.11. The first kappa shape index (κ1) is 20.9. The molecule has 0 saturated heterocycles. The van der Waals surface area contributed by atoms with Gasteiger partial charge >= 0.3 is 0 Å². The predicted octanol–water partition coefficient (Wildman–Crippen LogP) is 6.27. The van der Waals surface area contributed by atoms with Gasteiger partial charge in [0.1, 0.15) is 5.82 Å². The molecule has 3 aromatic rings. The minimum absolute atomic E-state index is 0.585. The van der Waals surface area contributed by atoms with Crippen LogP contribution in [0.2, 0.25) is 0 Å². The van der Waals surface area contributed by atoms with Gasteiger partial charge in [-0.25, -0.2) is 4.98 Å². The second kappa shape index (κ2) is 8.05. The Hall–Kier alpha value is -2.36. The molecule has 0 amide bonds. The van der Waals surface area contributed by atoms with Crippen molar-refractivity contribution >= 4 is 11.5 Å². The Kier molecular flexibility index (Phi) is 5.61. The van der Waals surface area contributed by atoms with Crippen molar-refractivity contribution in [3.63, 3.8) is 0 Å². The summed E-state index contributed by atoms with van der Waals surface area (Å²) >= 11 is 0. The second-order valence-corrected chi connectivity index (χ2v) is 9.14. The van der Waals surface area contributed by atoms with E-state index in [1.165, 1.54) is 64.9 Å². The minimum atomic E-state index is 0.585. The molecule has 0 bridgehead atoms. The van der Waals surface area contributed by atoms with Gasteiger partial charge in [-0.3, -0.25) is 0 Å². The van der Waals surface area contributed by atoms with Gasteiger partial charge in [-0.1, -0.05) is 44.4 Å². The molecule has 2 aromatic heterocycles. The Bertz CT molecular complexity index is 1060. The van der Waals surface area contributed by atoms with Gasteiger partial charge in [0.25, 0.3) is 0 Å². The van der Waals surface area contributed by atoms with Crippen molar-refractivity contribution in [2.45, 2.75) is 86.6 Å². The van der Waals surface area contributed by atoms with Crippen LogP contribution in [-0.4, -0.2) is 27.2 Å². The van der Waals surface area contributed by atoms with Crippen molar-refractivity contribution in [2.24, 2.45) is 0 Å². The number of anilines is 1. The van der Waals surface area contributed by atoms with Crippen LogP contribution in [0.25, 0.3) is 16.8 Å². The summed E-state index contributed by atoms with van der Waals surface area (Å²) in [6.07, 6.45) is 5.98. The van der Waals surface area contributed by atoms with Gasteiger partial charge in [0.05, 0.1) is 11.3 Å². The van der Waals surface area contributed by atoms with E-state index in [9.17, 15) is 0 Å². The molecular formula is C26H36N4. The van der Waals surface area contributed by atoms with Gasteiger partial charge in [-0.15, -0.1) is 0 Å². The molecule has 0 unspecified atom stereocenters. The molecular weight excluding hydrogens is 368 g/mol. The van der Waals surface area contributed by atoms with Crippen LogP contribution in [0.15, 0.2) is 12.1 Å². The zero-order valence-corrected chi connectivity index (χ0v) is 19.8. The molecule has 1 aliphatic heterocycles. The van der Waals surface area contributed by atoms with Crippen molar-refractivity contribution in [1.82, 2.24) is 14.6 Å². The second-order valence-electron chi connectivity index (χ2n) is 9.14. The van der Waals surface area contributed by atoms with Gasteiger partial charge in [-0.05, 0) is 70.6 Å². The first-order valence-electron chi connectivity index (χ1n) is 11.6. The number of benzene rings is 1. The largest absolute Gasteiger partial charge is 0.353 e. The molecule has 1 aromatic carbocycles. The van der Waals surface area contributed by atoms with E-state index in [4.69, 9.17) is 10.1 Å². The Balaban J connectivity index is 1.96. The number of hydrogen-bond donors (Lipinski definition) is 0. The summed E-state index contributed by atoms with van der Waals surface area (Å²) in [4.78, 5) is 7.74. The first-order chi connectivity index (χ1) is 14.4. The summed E-state index contributed by atoms with van der Waals surface area (Å²) in [6.45, 7) is 16.6. The van der Waals surface area contributed by atoms with Crippen LogP contribution in [0.3, 0.4) is 0 Å². The molecule has 0 radical (unpaired) electrons. The number of nitrogens with zero attached hydrogens (tertiary/aromatic N) is 4. The van der Waals surface area contributed by atoms with E-state index in [0.29, 0.717) is 6.04 Å². The van der Waals surface area contributed by atoms with Gasteiger partial charge in [0.15, 0.2) is 5.65 Å². The summed E-state index contributed by atoms with van der Waals surface area (Å²) in [7, 11) is 0. The fourth-order valence-corrected chi connectivity index (χ4v) is 5.55. The molecule has 4 rings (SSSR count). The van der Waals surface area contributed by atoms with E-state index in [-0.39, 0.29) is 0 Å². The Labute approximate surface area is 181 Å². The van der Waals surface area contributed by atoms with Crippen molar-refractivity contribution in [3.8, 4) is 11.1 Å². The summed E-state index contributed by atoms with van der Waals surface area (Å²) in [5, 5.41) is 5.07. The van der Waals surface area contributed by atoms with E-state index in [1.54, 1.807) is 0 Å². The first-order valence-corrected chi connectivity index (χ1v) is 11.6. The third kappa shape index (κ3) is 3.30. The lowest BCUT2D eigenvalue weighted by Crippen LogP contribution is -2.35. The van der Waals surface area contributed by atoms with Crippen molar-refractivity contribution in [2.75, 3.05) is 11.4 Å². The van der Waals surface area contributed by atoms with Crippen LogP contribution in [0.4, 0.5) is 5.82 Å². The van der Waals surface area contributed by atoms with Crippen LogP contribution in [-0.2, 0) is 6.42 Å². The molecule has 0 saturated carbocycles. The summed E-state index contributed by atoms with van der Waals surface area (Å²) in [6, 6.07) is 5.13. The Morgan fingerprint density at radius 2 is 1.53 bits per heavy atom. The van der Waals surface area contributed by atoms with Crippen LogP contribution >= 0.6 is 0 Å². The molecule has 30 heavy (non-hydrogen) atoms. The van der Waals surface area contributed by atoms with Crippen molar-refractivity contribution in [3.05, 3.63) is 45.8 Å². The molecule has 1 aliphatic rings. The van der Waals surface area contributed by atoms with E-state index in [1.807, 2.05) is 0 Å². The fraction of sp³-hybridized carbons (Fsp3) is 0.538. The van der Waals surface area contributed by atoms with Crippen molar-refractivity contribution in [1.29, 1.82) is 0 Å². The zero-order valence-electron chi connectivity index (χ0n) is 19.8. The van der Waals surface area contributed by atoms with Gasteiger partial charge < -0.3 is 4.90 Å². The maximum atomic E-state index is 5.11. The number of aryl methyl sites for hydroxylation is 5. The number of aromatic nitrogens is 3. The molecule has 0 N–H and O–H groups in total. The smallest absolute Gasteiger partial charge is 0.165 e. The summed E-state index contributed by atoms with van der Waals surface area (Å²) < 4.78 is 2.16. The minimum Gasteiger partial charge on any atom is -0.353 e. The lowest BCUT2D eigenvalue weighted by atomic mass is 9.94. The monoisotopic (exact) mass is 404 g/mol. The molecule has 160 valence electrons. The number of fused-ring (bicyclic) bond motifs is 3. The number of rotatable bonds is 6. The van der Waals surface area contributed by atoms with Gasteiger partial charge in [0.2, 0.25) is 0 Å². The highest BCUT2D eigenvalue weighted by molar-refractivity contribution is 5.85. The maximum Gasteiger partial charge on any atom is 0.165 e. The lowest BCUT2D eigenvalue weighted by Gasteiger charge is -2.30. The SMILES string of the molecule is CCCC(CCC)N1CCc2c(C)nc3c(-c4c(C)cc(C)cc4C)c(C)nn3c21. The molecule has 0 atom stereocenters. The lowest BCUT2D eigenvalue weighted by molar-refractivity contribution is 0.508. The molecule has 0 fully saturated rings. The molecule has 0 aliphatic carbocycles. The topological polar surface area (TPSA) is 33.4 Å². The standard InChI is InChI=1S/C26H36N4/c1-8-10-21(11-9-2)29-13-12-22-19(6)27-25-24(20(7)28-30(25)26(22)29)23-17(4)14-16(3)15-18(23)5/h14-15,21H,8-13H2,1-7H3. The van der Waals surface area contributed by atoms with E-state index >= 15 is 0 Å².